The number of carboxylic acid groups (broad SMARTS) is 1. The van der Waals surface area contributed by atoms with E-state index in [9.17, 15) is 9.00 Å². The minimum Gasteiger partial charge on any atom is -0.476 e. The molecule has 0 radical (unpaired) electrons. The van der Waals surface area contributed by atoms with Crippen LogP contribution in [0.4, 0.5) is 5.82 Å². The smallest absolute Gasteiger partial charge is 0.356 e. The van der Waals surface area contributed by atoms with Crippen molar-refractivity contribution < 1.29 is 14.1 Å². The van der Waals surface area contributed by atoms with Gasteiger partial charge in [0, 0.05) is 28.9 Å². The highest BCUT2D eigenvalue weighted by atomic mass is 32.2. The molecule has 17 heavy (non-hydrogen) atoms. The Hall–Kier alpha value is -1.50. The molecule has 0 saturated heterocycles. The molecule has 0 bridgehead atoms. The fourth-order valence-electron chi connectivity index (χ4n) is 1.19. The van der Waals surface area contributed by atoms with Crippen LogP contribution in [0, 0.1) is 0 Å². The molecule has 0 amide bonds. The van der Waals surface area contributed by atoms with Gasteiger partial charge in [-0.3, -0.25) is 4.21 Å². The van der Waals surface area contributed by atoms with Crippen LogP contribution in [0.3, 0.4) is 0 Å². The zero-order valence-corrected chi connectivity index (χ0v) is 10.5. The van der Waals surface area contributed by atoms with E-state index in [0.29, 0.717) is 11.6 Å². The molecular formula is C10H15N3O3S. The van der Waals surface area contributed by atoms with Crippen molar-refractivity contribution in [2.45, 2.75) is 19.4 Å². The van der Waals surface area contributed by atoms with Gasteiger partial charge in [0.25, 0.3) is 0 Å². The average Bonchev–Trinajstić information content (AvgIpc) is 2.27. The highest BCUT2D eigenvalue weighted by Gasteiger charge is 2.07. The molecule has 0 spiro atoms. The highest BCUT2D eigenvalue weighted by Crippen LogP contribution is 2.06. The largest absolute Gasteiger partial charge is 0.476 e. The molecule has 2 unspecified atom stereocenters. The lowest BCUT2D eigenvalue weighted by Gasteiger charge is -2.12. The van der Waals surface area contributed by atoms with Crippen molar-refractivity contribution in [1.82, 2.24) is 10.2 Å². The zero-order chi connectivity index (χ0) is 12.8. The molecule has 1 aromatic rings. The topological polar surface area (TPSA) is 92.2 Å². The Bertz CT molecular complexity index is 408. The van der Waals surface area contributed by atoms with Crippen LogP contribution in [0.1, 0.15) is 23.8 Å². The summed E-state index contributed by atoms with van der Waals surface area (Å²) in [5, 5.41) is 19.0. The van der Waals surface area contributed by atoms with Gasteiger partial charge in [-0.05, 0) is 25.5 Å². The Balaban J connectivity index is 2.51. The van der Waals surface area contributed by atoms with Gasteiger partial charge in [0.2, 0.25) is 0 Å². The van der Waals surface area contributed by atoms with Gasteiger partial charge in [0.1, 0.15) is 5.82 Å². The van der Waals surface area contributed by atoms with Crippen molar-refractivity contribution in [3.05, 3.63) is 17.8 Å². The molecule has 0 aromatic carbocycles. The van der Waals surface area contributed by atoms with Gasteiger partial charge in [-0.15, -0.1) is 10.2 Å². The summed E-state index contributed by atoms with van der Waals surface area (Å²) in [6.07, 6.45) is 2.42. The molecule has 1 rings (SSSR count). The molecule has 2 atom stereocenters. The first-order valence-electron chi connectivity index (χ1n) is 5.12. The van der Waals surface area contributed by atoms with Gasteiger partial charge >= 0.3 is 5.97 Å². The monoisotopic (exact) mass is 257 g/mol. The number of hydrogen-bond donors (Lipinski definition) is 2. The first kappa shape index (κ1) is 13.6. The average molecular weight is 257 g/mol. The first-order valence-corrected chi connectivity index (χ1v) is 6.85. The number of carbonyl (C=O) groups is 1. The van der Waals surface area contributed by atoms with Gasteiger partial charge in [-0.2, -0.15) is 0 Å². The summed E-state index contributed by atoms with van der Waals surface area (Å²) >= 11 is 0. The maximum Gasteiger partial charge on any atom is 0.356 e. The van der Waals surface area contributed by atoms with Crippen molar-refractivity contribution in [2.75, 3.05) is 17.3 Å². The van der Waals surface area contributed by atoms with E-state index in [4.69, 9.17) is 5.11 Å². The van der Waals surface area contributed by atoms with Crippen LogP contribution in [0.2, 0.25) is 0 Å². The summed E-state index contributed by atoms with van der Waals surface area (Å²) in [6, 6.07) is 3.07. The van der Waals surface area contributed by atoms with Crippen molar-refractivity contribution in [3.63, 3.8) is 0 Å². The summed E-state index contributed by atoms with van der Waals surface area (Å²) < 4.78 is 10.9. The maximum absolute atomic E-state index is 10.9. The third-order valence-corrected chi connectivity index (χ3v) is 2.93. The summed E-state index contributed by atoms with van der Waals surface area (Å²) in [5.74, 6) is 0.0392. The minimum atomic E-state index is -1.10. The third-order valence-electron chi connectivity index (χ3n) is 2.12. The van der Waals surface area contributed by atoms with Crippen LogP contribution >= 0.6 is 0 Å². The van der Waals surface area contributed by atoms with E-state index in [1.165, 1.54) is 6.07 Å². The molecule has 0 saturated carbocycles. The number of anilines is 1. The van der Waals surface area contributed by atoms with Gasteiger partial charge in [-0.1, -0.05) is 0 Å². The summed E-state index contributed by atoms with van der Waals surface area (Å²) in [6.45, 7) is 1.94. The number of nitrogens with one attached hydrogen (secondary N) is 1. The van der Waals surface area contributed by atoms with E-state index in [2.05, 4.69) is 15.5 Å². The molecule has 6 nitrogen and oxygen atoms in total. The fourth-order valence-corrected chi connectivity index (χ4v) is 1.88. The predicted octanol–water partition coefficient (Wildman–Crippen LogP) is 0.744. The minimum absolute atomic E-state index is 0.0853. The number of hydrogen-bond acceptors (Lipinski definition) is 5. The molecule has 94 valence electrons. The lowest BCUT2D eigenvalue weighted by atomic mass is 10.2. The van der Waals surface area contributed by atoms with E-state index >= 15 is 0 Å². The van der Waals surface area contributed by atoms with E-state index in [1.807, 2.05) is 6.92 Å². The van der Waals surface area contributed by atoms with Gasteiger partial charge in [0.05, 0.1) is 0 Å². The SMILES string of the molecule is CC(CCS(C)=O)Nc1ccc(C(=O)O)nn1. The standard InChI is InChI=1S/C10H15N3O3S/c1-7(5-6-17(2)16)11-9-4-3-8(10(14)15)12-13-9/h3-4,7H,5-6H2,1-2H3,(H,11,13)(H,14,15). The lowest BCUT2D eigenvalue weighted by Crippen LogP contribution is -2.19. The molecule has 1 heterocycles. The van der Waals surface area contributed by atoms with Crippen molar-refractivity contribution in [1.29, 1.82) is 0 Å². The second-order valence-electron chi connectivity index (χ2n) is 3.72. The normalized spacial score (nSPS) is 14.0. The molecule has 2 N–H and O–H groups in total. The maximum atomic E-state index is 10.9. The molecule has 0 fully saturated rings. The third kappa shape index (κ3) is 4.90. The molecule has 7 heteroatoms. The Morgan fingerprint density at radius 2 is 2.24 bits per heavy atom. The van der Waals surface area contributed by atoms with Crippen molar-refractivity contribution >= 4 is 22.6 Å². The second-order valence-corrected chi connectivity index (χ2v) is 5.27. The molecule has 0 aliphatic carbocycles. The van der Waals surface area contributed by atoms with Crippen LogP contribution in [-0.4, -0.2) is 43.5 Å². The van der Waals surface area contributed by atoms with E-state index in [0.717, 1.165) is 6.42 Å². The highest BCUT2D eigenvalue weighted by molar-refractivity contribution is 7.84. The van der Waals surface area contributed by atoms with Crippen LogP contribution < -0.4 is 5.32 Å². The lowest BCUT2D eigenvalue weighted by molar-refractivity contribution is 0.0689. The molecule has 1 aromatic heterocycles. The Morgan fingerprint density at radius 1 is 1.53 bits per heavy atom. The Labute approximate surface area is 102 Å². The fraction of sp³-hybridized carbons (Fsp3) is 0.500. The Kier molecular flexibility index (Phi) is 5.02. The number of nitrogens with zero attached hydrogens (tertiary/aromatic N) is 2. The summed E-state index contributed by atoms with van der Waals surface area (Å²) in [4.78, 5) is 10.6. The van der Waals surface area contributed by atoms with Gasteiger partial charge < -0.3 is 10.4 Å². The quantitative estimate of drug-likeness (QED) is 0.781. The van der Waals surface area contributed by atoms with Crippen molar-refractivity contribution in [2.24, 2.45) is 0 Å². The van der Waals surface area contributed by atoms with E-state index < -0.39 is 16.8 Å². The van der Waals surface area contributed by atoms with Crippen LogP contribution in [0.25, 0.3) is 0 Å². The summed E-state index contributed by atoms with van der Waals surface area (Å²) in [7, 11) is -0.808. The Morgan fingerprint density at radius 3 is 2.71 bits per heavy atom. The molecule has 0 aliphatic rings. The second kappa shape index (κ2) is 6.29. The number of aromatic nitrogens is 2. The number of carboxylic acids is 1. The van der Waals surface area contributed by atoms with E-state index in [1.54, 1.807) is 12.3 Å². The van der Waals surface area contributed by atoms with Crippen molar-refractivity contribution in [3.8, 4) is 0 Å². The number of aromatic carboxylic acids is 1. The van der Waals surface area contributed by atoms with E-state index in [-0.39, 0.29) is 11.7 Å². The van der Waals surface area contributed by atoms with Gasteiger partial charge in [0.15, 0.2) is 5.69 Å². The first-order chi connectivity index (χ1) is 7.99. The molecular weight excluding hydrogens is 242 g/mol. The number of rotatable bonds is 6. The zero-order valence-electron chi connectivity index (χ0n) is 9.71. The van der Waals surface area contributed by atoms with Crippen LogP contribution in [-0.2, 0) is 10.8 Å². The summed E-state index contributed by atoms with van der Waals surface area (Å²) in [5.41, 5.74) is -0.0853. The predicted molar refractivity (Wildman–Crippen MR) is 65.6 cm³/mol. The molecule has 0 aliphatic heterocycles. The van der Waals surface area contributed by atoms with Crippen LogP contribution in [0.5, 0.6) is 0 Å². The van der Waals surface area contributed by atoms with Crippen LogP contribution in [0.15, 0.2) is 12.1 Å². The van der Waals surface area contributed by atoms with Gasteiger partial charge in [-0.25, -0.2) is 4.79 Å².